The van der Waals surface area contributed by atoms with Crippen LogP contribution < -0.4 is 11.6 Å². The van der Waals surface area contributed by atoms with Gasteiger partial charge in [0.25, 0.3) is 0 Å². The van der Waals surface area contributed by atoms with Crippen molar-refractivity contribution in [3.8, 4) is 0 Å². The number of carbonyl (C=O) groups excluding carboxylic acids is 1. The van der Waals surface area contributed by atoms with Crippen LogP contribution in [0.5, 0.6) is 0 Å². The van der Waals surface area contributed by atoms with Crippen molar-refractivity contribution >= 4 is 11.8 Å². The van der Waals surface area contributed by atoms with E-state index in [4.69, 9.17) is 21.1 Å². The molecule has 4 N–H and O–H groups in total. The number of hydrazine groups is 1. The number of benzene rings is 1. The van der Waals surface area contributed by atoms with Crippen molar-refractivity contribution < 1.29 is 18.7 Å². The van der Waals surface area contributed by atoms with Crippen molar-refractivity contribution in [2.24, 2.45) is 11.6 Å². The standard InChI is InChI=1S/C19H29FN4O3/c1-19(2,3)27-18(25)24-10-9-13(11-24)26-12-16(23(4)22)17(21)14-7-5-6-8-15(14)20/h5-8,13H,9-12,21-22H2,1-4H3/b17-16-. The van der Waals surface area contributed by atoms with Gasteiger partial charge in [0.2, 0.25) is 0 Å². The molecule has 150 valence electrons. The van der Waals surface area contributed by atoms with Crippen molar-refractivity contribution in [1.29, 1.82) is 0 Å². The van der Waals surface area contributed by atoms with Crippen LogP contribution in [-0.4, -0.2) is 54.5 Å². The van der Waals surface area contributed by atoms with Gasteiger partial charge >= 0.3 is 6.09 Å². The second kappa shape index (κ2) is 8.58. The number of hydrogen-bond donors (Lipinski definition) is 2. The molecule has 1 aliphatic heterocycles. The van der Waals surface area contributed by atoms with Gasteiger partial charge in [0.05, 0.1) is 30.6 Å². The zero-order chi connectivity index (χ0) is 20.2. The van der Waals surface area contributed by atoms with E-state index in [1.807, 2.05) is 20.8 Å². The van der Waals surface area contributed by atoms with Gasteiger partial charge in [-0.25, -0.2) is 15.0 Å². The number of amides is 1. The molecule has 1 fully saturated rings. The first-order valence-corrected chi connectivity index (χ1v) is 8.90. The van der Waals surface area contributed by atoms with Gasteiger partial charge in [0, 0.05) is 19.2 Å². The lowest BCUT2D eigenvalue weighted by Crippen LogP contribution is -2.36. The highest BCUT2D eigenvalue weighted by atomic mass is 19.1. The summed E-state index contributed by atoms with van der Waals surface area (Å²) in [5.74, 6) is 5.44. The molecule has 0 saturated carbocycles. The summed E-state index contributed by atoms with van der Waals surface area (Å²) in [5, 5.41) is 1.32. The Labute approximate surface area is 159 Å². The number of likely N-dealkylation sites (N-methyl/N-ethyl adjacent to an activating group) is 1. The molecule has 27 heavy (non-hydrogen) atoms. The molecule has 1 atom stereocenters. The molecule has 0 radical (unpaired) electrons. The molecule has 7 nitrogen and oxygen atoms in total. The molecule has 1 amide bonds. The Morgan fingerprint density at radius 1 is 1.37 bits per heavy atom. The average molecular weight is 380 g/mol. The lowest BCUT2D eigenvalue weighted by Gasteiger charge is -2.25. The van der Waals surface area contributed by atoms with Crippen LogP contribution in [0.1, 0.15) is 32.8 Å². The highest BCUT2D eigenvalue weighted by Crippen LogP contribution is 2.21. The fourth-order valence-corrected chi connectivity index (χ4v) is 2.76. The number of carbonyl (C=O) groups is 1. The van der Waals surface area contributed by atoms with E-state index >= 15 is 0 Å². The van der Waals surface area contributed by atoms with Crippen molar-refractivity contribution in [1.82, 2.24) is 9.91 Å². The summed E-state index contributed by atoms with van der Waals surface area (Å²) in [5.41, 5.74) is 6.55. The van der Waals surface area contributed by atoms with Gasteiger partial charge < -0.3 is 25.1 Å². The summed E-state index contributed by atoms with van der Waals surface area (Å²) in [6.45, 7) is 6.58. The number of nitrogens with two attached hydrogens (primary N) is 2. The molecule has 1 aromatic carbocycles. The summed E-state index contributed by atoms with van der Waals surface area (Å²) >= 11 is 0. The molecule has 1 saturated heterocycles. The van der Waals surface area contributed by atoms with Crippen LogP contribution in [0.25, 0.3) is 5.70 Å². The maximum Gasteiger partial charge on any atom is 0.410 e. The third kappa shape index (κ3) is 5.83. The summed E-state index contributed by atoms with van der Waals surface area (Å²) in [7, 11) is 1.62. The SMILES string of the molecule is CN(N)/C(COC1CCN(C(=O)OC(C)(C)C)C1)=C(\N)c1ccccc1F. The number of halogens is 1. The normalized spacial score (nSPS) is 18.3. The molecular formula is C19H29FN4O3. The maximum absolute atomic E-state index is 14.0. The minimum absolute atomic E-state index is 0.111. The van der Waals surface area contributed by atoms with Crippen LogP contribution in [0, 0.1) is 5.82 Å². The third-order valence-electron chi connectivity index (χ3n) is 4.15. The van der Waals surface area contributed by atoms with Crippen molar-refractivity contribution in [3.05, 3.63) is 41.3 Å². The number of rotatable bonds is 5. The van der Waals surface area contributed by atoms with Crippen LogP contribution in [0.3, 0.4) is 0 Å². The monoisotopic (exact) mass is 380 g/mol. The Morgan fingerprint density at radius 2 is 2.04 bits per heavy atom. The smallest absolute Gasteiger partial charge is 0.410 e. The second-order valence-electron chi connectivity index (χ2n) is 7.60. The molecule has 1 aliphatic rings. The fraction of sp³-hybridized carbons (Fsp3) is 0.526. The molecule has 1 heterocycles. The van der Waals surface area contributed by atoms with Crippen LogP contribution in [0.2, 0.25) is 0 Å². The van der Waals surface area contributed by atoms with Crippen LogP contribution in [0.4, 0.5) is 9.18 Å². The van der Waals surface area contributed by atoms with Gasteiger partial charge in [-0.15, -0.1) is 0 Å². The predicted octanol–water partition coefficient (Wildman–Crippen LogP) is 2.28. The molecule has 0 bridgehead atoms. The Morgan fingerprint density at radius 3 is 2.63 bits per heavy atom. The highest BCUT2D eigenvalue weighted by Gasteiger charge is 2.30. The van der Waals surface area contributed by atoms with Gasteiger partial charge in [-0.2, -0.15) is 0 Å². The first kappa shape index (κ1) is 21.0. The Kier molecular flexibility index (Phi) is 6.67. The van der Waals surface area contributed by atoms with E-state index in [-0.39, 0.29) is 30.1 Å². The molecule has 0 aliphatic carbocycles. The fourth-order valence-electron chi connectivity index (χ4n) is 2.76. The van der Waals surface area contributed by atoms with E-state index in [1.54, 1.807) is 30.1 Å². The zero-order valence-electron chi connectivity index (χ0n) is 16.4. The molecule has 0 spiro atoms. The minimum Gasteiger partial charge on any atom is -0.444 e. The third-order valence-corrected chi connectivity index (χ3v) is 4.15. The van der Waals surface area contributed by atoms with Gasteiger partial charge in [-0.05, 0) is 39.3 Å². The van der Waals surface area contributed by atoms with E-state index in [9.17, 15) is 9.18 Å². The van der Waals surface area contributed by atoms with Gasteiger partial charge in [0.1, 0.15) is 11.4 Å². The number of likely N-dealkylation sites (tertiary alicyclic amines) is 1. The first-order valence-electron chi connectivity index (χ1n) is 8.90. The summed E-state index contributed by atoms with van der Waals surface area (Å²) in [4.78, 5) is 13.7. The van der Waals surface area contributed by atoms with Crippen LogP contribution in [-0.2, 0) is 9.47 Å². The van der Waals surface area contributed by atoms with Crippen LogP contribution >= 0.6 is 0 Å². The average Bonchev–Trinajstić information content (AvgIpc) is 3.02. The predicted molar refractivity (Wildman–Crippen MR) is 102 cm³/mol. The van der Waals surface area contributed by atoms with Crippen molar-refractivity contribution in [2.45, 2.75) is 38.9 Å². The Balaban J connectivity index is 2.01. The van der Waals surface area contributed by atoms with Gasteiger partial charge in [0.15, 0.2) is 0 Å². The van der Waals surface area contributed by atoms with Gasteiger partial charge in [-0.3, -0.25) is 0 Å². The molecule has 1 aromatic rings. The summed E-state index contributed by atoms with van der Waals surface area (Å²) in [6.07, 6.45) is 0.160. The quantitative estimate of drug-likeness (QED) is 0.601. The lowest BCUT2D eigenvalue weighted by atomic mass is 10.1. The van der Waals surface area contributed by atoms with Gasteiger partial charge in [-0.1, -0.05) is 12.1 Å². The summed E-state index contributed by atoms with van der Waals surface area (Å²) in [6, 6.07) is 6.23. The zero-order valence-corrected chi connectivity index (χ0v) is 16.4. The Bertz CT molecular complexity index is 700. The van der Waals surface area contributed by atoms with Crippen molar-refractivity contribution in [2.75, 3.05) is 26.7 Å². The second-order valence-corrected chi connectivity index (χ2v) is 7.60. The molecule has 1 unspecified atom stereocenters. The lowest BCUT2D eigenvalue weighted by molar-refractivity contribution is 0.0220. The number of ether oxygens (including phenoxy) is 2. The van der Waals surface area contributed by atoms with Crippen LogP contribution in [0.15, 0.2) is 30.0 Å². The topological polar surface area (TPSA) is 94.0 Å². The van der Waals surface area contributed by atoms with Crippen molar-refractivity contribution in [3.63, 3.8) is 0 Å². The highest BCUT2D eigenvalue weighted by molar-refractivity contribution is 5.68. The summed E-state index contributed by atoms with van der Waals surface area (Å²) < 4.78 is 25.3. The molecule has 0 aromatic heterocycles. The van der Waals surface area contributed by atoms with E-state index < -0.39 is 11.4 Å². The first-order chi connectivity index (χ1) is 12.6. The van der Waals surface area contributed by atoms with E-state index in [2.05, 4.69) is 0 Å². The molecule has 2 rings (SSSR count). The maximum atomic E-state index is 14.0. The largest absolute Gasteiger partial charge is 0.444 e. The van der Waals surface area contributed by atoms with E-state index in [1.165, 1.54) is 11.1 Å². The van der Waals surface area contributed by atoms with E-state index in [0.29, 0.717) is 25.2 Å². The number of nitrogens with zero attached hydrogens (tertiary/aromatic N) is 2. The van der Waals surface area contributed by atoms with E-state index in [0.717, 1.165) is 0 Å². The number of hydrogen-bond acceptors (Lipinski definition) is 6. The minimum atomic E-state index is -0.539. The molecular weight excluding hydrogens is 351 g/mol. The Hall–Kier alpha value is -2.32. The molecule has 8 heteroatoms.